The van der Waals surface area contributed by atoms with Crippen molar-refractivity contribution in [2.45, 2.75) is 20.8 Å². The van der Waals surface area contributed by atoms with Crippen LogP contribution in [0.2, 0.25) is 5.02 Å². The van der Waals surface area contributed by atoms with Crippen molar-refractivity contribution >= 4 is 29.0 Å². The van der Waals surface area contributed by atoms with E-state index in [1.165, 1.54) is 0 Å². The summed E-state index contributed by atoms with van der Waals surface area (Å²) in [6.07, 6.45) is 0. The van der Waals surface area contributed by atoms with Gasteiger partial charge in [-0.2, -0.15) is 0 Å². The average Bonchev–Trinajstić information content (AvgIpc) is 2.71. The SMILES string of the molecule is Cc1cc(C)c(C)c(OCC(=O)Nc2ccc(Cl)cc2C(=O)c2ccccc2)c1. The Morgan fingerprint density at radius 3 is 2.41 bits per heavy atom. The van der Waals surface area contributed by atoms with Gasteiger partial charge in [-0.05, 0) is 61.7 Å². The Morgan fingerprint density at radius 1 is 0.966 bits per heavy atom. The van der Waals surface area contributed by atoms with Gasteiger partial charge in [0.1, 0.15) is 5.75 Å². The van der Waals surface area contributed by atoms with Crippen LogP contribution in [0.5, 0.6) is 5.75 Å². The van der Waals surface area contributed by atoms with Crippen molar-refractivity contribution in [3.05, 3.63) is 93.5 Å². The van der Waals surface area contributed by atoms with Gasteiger partial charge in [-0.25, -0.2) is 0 Å². The molecule has 0 aliphatic carbocycles. The van der Waals surface area contributed by atoms with Crippen LogP contribution in [-0.4, -0.2) is 18.3 Å². The van der Waals surface area contributed by atoms with Crippen molar-refractivity contribution in [3.8, 4) is 5.75 Å². The fraction of sp³-hybridized carbons (Fsp3) is 0.167. The summed E-state index contributed by atoms with van der Waals surface area (Å²) >= 11 is 6.08. The Kier molecular flexibility index (Phi) is 6.35. The van der Waals surface area contributed by atoms with Gasteiger partial charge < -0.3 is 10.1 Å². The first-order valence-electron chi connectivity index (χ1n) is 9.25. The maximum absolute atomic E-state index is 12.9. The van der Waals surface area contributed by atoms with Crippen molar-refractivity contribution in [2.24, 2.45) is 0 Å². The van der Waals surface area contributed by atoms with Crippen LogP contribution in [-0.2, 0) is 4.79 Å². The molecule has 0 saturated heterocycles. The molecule has 0 aliphatic heterocycles. The summed E-state index contributed by atoms with van der Waals surface area (Å²) in [6, 6.07) is 17.6. The summed E-state index contributed by atoms with van der Waals surface area (Å²) in [5.41, 5.74) is 4.42. The summed E-state index contributed by atoms with van der Waals surface area (Å²) in [4.78, 5) is 25.3. The first kappa shape index (κ1) is 20.6. The predicted octanol–water partition coefficient (Wildman–Crippen LogP) is 5.51. The van der Waals surface area contributed by atoms with Gasteiger partial charge in [-0.15, -0.1) is 0 Å². The number of ketones is 1. The molecular weight excluding hydrogens is 386 g/mol. The standard InChI is InChI=1S/C24H22ClNO3/c1-15-11-16(2)17(3)22(12-15)29-14-23(27)26-21-10-9-19(25)13-20(21)24(28)18-7-5-4-6-8-18/h4-13H,14H2,1-3H3,(H,26,27). The van der Waals surface area contributed by atoms with Crippen LogP contribution >= 0.6 is 11.6 Å². The lowest BCUT2D eigenvalue weighted by Crippen LogP contribution is -2.22. The van der Waals surface area contributed by atoms with Crippen LogP contribution in [0.25, 0.3) is 0 Å². The lowest BCUT2D eigenvalue weighted by molar-refractivity contribution is -0.118. The topological polar surface area (TPSA) is 55.4 Å². The number of rotatable bonds is 6. The van der Waals surface area contributed by atoms with Gasteiger partial charge in [0.25, 0.3) is 5.91 Å². The van der Waals surface area contributed by atoms with E-state index in [-0.39, 0.29) is 18.3 Å². The molecule has 0 atom stereocenters. The number of aryl methyl sites for hydroxylation is 2. The average molecular weight is 408 g/mol. The van der Waals surface area contributed by atoms with Crippen LogP contribution in [0.1, 0.15) is 32.6 Å². The highest BCUT2D eigenvalue weighted by Crippen LogP contribution is 2.25. The number of hydrogen-bond acceptors (Lipinski definition) is 3. The van der Waals surface area contributed by atoms with Gasteiger partial charge >= 0.3 is 0 Å². The summed E-state index contributed by atoms with van der Waals surface area (Å²) in [6.45, 7) is 5.78. The minimum Gasteiger partial charge on any atom is -0.483 e. The first-order valence-corrected chi connectivity index (χ1v) is 9.62. The van der Waals surface area contributed by atoms with Crippen LogP contribution in [0.15, 0.2) is 60.7 Å². The van der Waals surface area contributed by atoms with E-state index >= 15 is 0 Å². The van der Waals surface area contributed by atoms with Crippen LogP contribution in [0.4, 0.5) is 5.69 Å². The lowest BCUT2D eigenvalue weighted by Gasteiger charge is -2.14. The molecular formula is C24H22ClNO3. The van der Waals surface area contributed by atoms with Gasteiger partial charge in [0.15, 0.2) is 12.4 Å². The van der Waals surface area contributed by atoms with E-state index in [0.717, 1.165) is 16.7 Å². The summed E-state index contributed by atoms with van der Waals surface area (Å²) in [7, 11) is 0. The summed E-state index contributed by atoms with van der Waals surface area (Å²) < 4.78 is 5.72. The molecule has 1 amide bonds. The maximum Gasteiger partial charge on any atom is 0.262 e. The van der Waals surface area contributed by atoms with Crippen molar-refractivity contribution in [2.75, 3.05) is 11.9 Å². The fourth-order valence-corrected chi connectivity index (χ4v) is 3.21. The Balaban J connectivity index is 1.77. The zero-order chi connectivity index (χ0) is 21.0. The third-order valence-corrected chi connectivity index (χ3v) is 4.89. The Morgan fingerprint density at radius 2 is 1.69 bits per heavy atom. The van der Waals surface area contributed by atoms with Gasteiger partial charge in [0.05, 0.1) is 5.69 Å². The molecule has 0 spiro atoms. The largest absolute Gasteiger partial charge is 0.483 e. The molecule has 3 aromatic rings. The molecule has 3 rings (SSSR count). The number of halogens is 1. The highest BCUT2D eigenvalue weighted by atomic mass is 35.5. The van der Waals surface area contributed by atoms with Gasteiger partial charge in [0, 0.05) is 16.1 Å². The third-order valence-electron chi connectivity index (χ3n) is 4.66. The molecule has 0 heterocycles. The molecule has 0 saturated carbocycles. The molecule has 3 aromatic carbocycles. The Hall–Kier alpha value is -3.11. The zero-order valence-corrected chi connectivity index (χ0v) is 17.3. The van der Waals surface area contributed by atoms with Crippen molar-refractivity contribution in [1.82, 2.24) is 0 Å². The van der Waals surface area contributed by atoms with E-state index in [1.54, 1.807) is 42.5 Å². The number of hydrogen-bond donors (Lipinski definition) is 1. The van der Waals surface area contributed by atoms with E-state index in [9.17, 15) is 9.59 Å². The Bertz CT molecular complexity index is 1060. The highest BCUT2D eigenvalue weighted by Gasteiger charge is 2.16. The molecule has 0 radical (unpaired) electrons. The second-order valence-corrected chi connectivity index (χ2v) is 7.36. The van der Waals surface area contributed by atoms with E-state index in [1.807, 2.05) is 32.9 Å². The van der Waals surface area contributed by atoms with E-state index in [0.29, 0.717) is 27.6 Å². The molecule has 1 N–H and O–H groups in total. The normalized spacial score (nSPS) is 10.5. The molecule has 4 nitrogen and oxygen atoms in total. The van der Waals surface area contributed by atoms with Crippen molar-refractivity contribution in [3.63, 3.8) is 0 Å². The molecule has 0 aromatic heterocycles. The van der Waals surface area contributed by atoms with E-state index in [4.69, 9.17) is 16.3 Å². The molecule has 148 valence electrons. The van der Waals surface area contributed by atoms with E-state index < -0.39 is 0 Å². The van der Waals surface area contributed by atoms with Crippen LogP contribution in [0, 0.1) is 20.8 Å². The number of ether oxygens (including phenoxy) is 1. The summed E-state index contributed by atoms with van der Waals surface area (Å²) in [5.74, 6) is 0.108. The molecule has 5 heteroatoms. The van der Waals surface area contributed by atoms with Crippen molar-refractivity contribution in [1.29, 1.82) is 0 Å². The van der Waals surface area contributed by atoms with E-state index in [2.05, 4.69) is 11.4 Å². The Labute approximate surface area is 175 Å². The molecule has 0 fully saturated rings. The number of carbonyl (C=O) groups is 2. The fourth-order valence-electron chi connectivity index (χ4n) is 3.04. The van der Waals surface area contributed by atoms with Crippen LogP contribution in [0.3, 0.4) is 0 Å². The minimum atomic E-state index is -0.354. The predicted molar refractivity (Wildman–Crippen MR) is 116 cm³/mol. The van der Waals surface area contributed by atoms with Gasteiger partial charge in [-0.3, -0.25) is 9.59 Å². The van der Waals surface area contributed by atoms with Gasteiger partial charge in [0.2, 0.25) is 0 Å². The number of amides is 1. The first-order chi connectivity index (χ1) is 13.8. The maximum atomic E-state index is 12.9. The molecule has 29 heavy (non-hydrogen) atoms. The second kappa shape index (κ2) is 8.93. The molecule has 0 aliphatic rings. The van der Waals surface area contributed by atoms with Crippen LogP contribution < -0.4 is 10.1 Å². The molecule has 0 bridgehead atoms. The number of benzene rings is 3. The quantitative estimate of drug-likeness (QED) is 0.548. The highest BCUT2D eigenvalue weighted by molar-refractivity contribution is 6.31. The number of nitrogens with one attached hydrogen (secondary N) is 1. The number of anilines is 1. The van der Waals surface area contributed by atoms with Crippen molar-refractivity contribution < 1.29 is 14.3 Å². The zero-order valence-electron chi connectivity index (χ0n) is 16.6. The number of carbonyl (C=O) groups excluding carboxylic acids is 2. The monoisotopic (exact) mass is 407 g/mol. The van der Waals surface area contributed by atoms with Gasteiger partial charge in [-0.1, -0.05) is 48.0 Å². The second-order valence-electron chi connectivity index (χ2n) is 6.93. The smallest absolute Gasteiger partial charge is 0.262 e. The summed E-state index contributed by atoms with van der Waals surface area (Å²) in [5, 5.41) is 3.18. The third kappa shape index (κ3) is 5.04. The molecule has 0 unspecified atom stereocenters. The minimum absolute atomic E-state index is 0.161. The lowest BCUT2D eigenvalue weighted by atomic mass is 10.0.